The zero-order chi connectivity index (χ0) is 16.5. The molecule has 0 aromatic heterocycles. The summed E-state index contributed by atoms with van der Waals surface area (Å²) in [4.78, 5) is 4.42. The topological polar surface area (TPSA) is 90.8 Å². The zero-order valence-corrected chi connectivity index (χ0v) is 14.2. The molecule has 0 saturated carbocycles. The Morgan fingerprint density at radius 1 is 1.32 bits per heavy atom. The summed E-state index contributed by atoms with van der Waals surface area (Å²) >= 11 is 0. The Morgan fingerprint density at radius 2 is 2.00 bits per heavy atom. The van der Waals surface area contributed by atoms with Gasteiger partial charge in [0.25, 0.3) is 10.0 Å². The van der Waals surface area contributed by atoms with Gasteiger partial charge in [0.1, 0.15) is 4.90 Å². The molecule has 122 valence electrons. The van der Waals surface area contributed by atoms with Crippen molar-refractivity contribution >= 4 is 21.7 Å². The van der Waals surface area contributed by atoms with E-state index in [1.54, 1.807) is 12.1 Å². The number of aliphatic hydroxyl groups is 1. The molecular weight excluding hydrogens is 302 g/mol. The third-order valence-corrected chi connectivity index (χ3v) is 4.99. The van der Waals surface area contributed by atoms with Crippen LogP contribution in [0.4, 0.5) is 5.69 Å². The maximum atomic E-state index is 12.4. The molecule has 6 nitrogen and oxygen atoms in total. The van der Waals surface area contributed by atoms with Crippen LogP contribution < -0.4 is 10.0 Å². The van der Waals surface area contributed by atoms with E-state index in [1.807, 2.05) is 33.8 Å². The lowest BCUT2D eigenvalue weighted by Gasteiger charge is -2.26. The molecule has 7 heteroatoms. The molecule has 3 N–H and O–H groups in total. The van der Waals surface area contributed by atoms with E-state index in [9.17, 15) is 13.5 Å². The van der Waals surface area contributed by atoms with E-state index in [2.05, 4.69) is 15.0 Å². The lowest BCUT2D eigenvalue weighted by Crippen LogP contribution is -2.41. The summed E-state index contributed by atoms with van der Waals surface area (Å²) in [6, 6.07) is 5.02. The van der Waals surface area contributed by atoms with Gasteiger partial charge in [-0.25, -0.2) is 18.1 Å². The number of nitrogens with one attached hydrogen (secondary N) is 2. The highest BCUT2D eigenvalue weighted by atomic mass is 32.2. The number of hydrogen-bond acceptors (Lipinski definition) is 4. The molecule has 0 aliphatic carbocycles. The molecule has 0 fully saturated rings. The van der Waals surface area contributed by atoms with Crippen molar-refractivity contribution < 1.29 is 13.5 Å². The van der Waals surface area contributed by atoms with Crippen molar-refractivity contribution in [3.8, 4) is 0 Å². The Kier molecular flexibility index (Phi) is 4.49. The predicted octanol–water partition coefficient (Wildman–Crippen LogP) is 1.81. The first-order valence-electron chi connectivity index (χ1n) is 7.30. The van der Waals surface area contributed by atoms with E-state index in [0.29, 0.717) is 12.1 Å². The normalized spacial score (nSPS) is 20.0. The average Bonchev–Trinajstić information content (AvgIpc) is 2.42. The number of benzene rings is 1. The minimum Gasteiger partial charge on any atom is -0.394 e. The number of nitrogens with zero attached hydrogens (tertiary/aromatic N) is 1. The predicted molar refractivity (Wildman–Crippen MR) is 87.7 cm³/mol. The molecule has 0 saturated heterocycles. The maximum Gasteiger partial charge on any atom is 0.266 e. The van der Waals surface area contributed by atoms with Crippen molar-refractivity contribution in [1.82, 2.24) is 4.72 Å². The van der Waals surface area contributed by atoms with E-state index in [0.717, 1.165) is 5.56 Å². The van der Waals surface area contributed by atoms with E-state index < -0.39 is 10.0 Å². The largest absolute Gasteiger partial charge is 0.394 e. The highest BCUT2D eigenvalue weighted by Gasteiger charge is 2.28. The SMILES string of the molecule is CCC(CO)N=C1Nc2ccc(C(C)(C)C)cc2S(=O)(=O)N1. The van der Waals surface area contributed by atoms with E-state index >= 15 is 0 Å². The van der Waals surface area contributed by atoms with Gasteiger partial charge in [-0.1, -0.05) is 33.8 Å². The maximum absolute atomic E-state index is 12.4. The molecule has 1 unspecified atom stereocenters. The quantitative estimate of drug-likeness (QED) is 0.790. The second-order valence-corrected chi connectivity index (χ2v) is 8.06. The molecule has 1 heterocycles. The summed E-state index contributed by atoms with van der Waals surface area (Å²) in [5.74, 6) is 0.150. The molecule has 0 amide bonds. The van der Waals surface area contributed by atoms with Crippen LogP contribution in [0.15, 0.2) is 28.1 Å². The summed E-state index contributed by atoms with van der Waals surface area (Å²) in [5, 5.41) is 12.2. The smallest absolute Gasteiger partial charge is 0.266 e. The minimum atomic E-state index is -3.66. The summed E-state index contributed by atoms with van der Waals surface area (Å²) in [6.45, 7) is 7.85. The molecule has 0 bridgehead atoms. The van der Waals surface area contributed by atoms with Gasteiger partial charge in [0, 0.05) is 0 Å². The molecule has 1 aliphatic rings. The van der Waals surface area contributed by atoms with Gasteiger partial charge >= 0.3 is 0 Å². The fourth-order valence-corrected chi connectivity index (χ4v) is 3.31. The van der Waals surface area contributed by atoms with Gasteiger partial charge in [0.15, 0.2) is 0 Å². The first kappa shape index (κ1) is 16.8. The number of fused-ring (bicyclic) bond motifs is 1. The first-order chi connectivity index (χ1) is 10.2. The van der Waals surface area contributed by atoms with Crippen molar-refractivity contribution in [3.63, 3.8) is 0 Å². The van der Waals surface area contributed by atoms with Crippen LogP contribution in [0.5, 0.6) is 0 Å². The van der Waals surface area contributed by atoms with Crippen LogP contribution in [0.3, 0.4) is 0 Å². The number of sulfonamides is 1. The van der Waals surface area contributed by atoms with Gasteiger partial charge in [-0.05, 0) is 29.5 Å². The highest BCUT2D eigenvalue weighted by molar-refractivity contribution is 7.90. The number of guanidine groups is 1. The van der Waals surface area contributed by atoms with Gasteiger partial charge in [0.2, 0.25) is 5.96 Å². The number of aliphatic imine (C=N–C) groups is 1. The monoisotopic (exact) mass is 325 g/mol. The zero-order valence-electron chi connectivity index (χ0n) is 13.3. The van der Waals surface area contributed by atoms with Crippen LogP contribution in [0.25, 0.3) is 0 Å². The highest BCUT2D eigenvalue weighted by Crippen LogP contribution is 2.31. The van der Waals surface area contributed by atoms with Crippen molar-refractivity contribution in [3.05, 3.63) is 23.8 Å². The molecule has 0 radical (unpaired) electrons. The number of rotatable bonds is 3. The number of hydrogen-bond donors (Lipinski definition) is 3. The molecule has 1 aromatic carbocycles. The first-order valence-corrected chi connectivity index (χ1v) is 8.78. The molecule has 2 rings (SSSR count). The fraction of sp³-hybridized carbons (Fsp3) is 0.533. The summed E-state index contributed by atoms with van der Waals surface area (Å²) in [6.07, 6.45) is 0.624. The summed E-state index contributed by atoms with van der Waals surface area (Å²) in [7, 11) is -3.66. The average molecular weight is 325 g/mol. The second-order valence-electron chi connectivity index (χ2n) is 6.41. The Bertz CT molecular complexity index is 686. The Labute approximate surface area is 131 Å². The number of aliphatic hydroxyl groups excluding tert-OH is 1. The van der Waals surface area contributed by atoms with E-state index in [-0.39, 0.29) is 28.9 Å². The standard InChI is InChI=1S/C15H23N3O3S/c1-5-11(9-19)16-14-17-12-7-6-10(15(2,3)4)8-13(12)22(20,21)18-14/h6-8,11,19H,5,9H2,1-4H3,(H2,16,17,18). The van der Waals surface area contributed by atoms with E-state index in [1.165, 1.54) is 0 Å². The lowest BCUT2D eigenvalue weighted by molar-refractivity contribution is 0.264. The molecule has 22 heavy (non-hydrogen) atoms. The van der Waals surface area contributed by atoms with Gasteiger partial charge < -0.3 is 10.4 Å². The summed E-state index contributed by atoms with van der Waals surface area (Å²) < 4.78 is 27.3. The third kappa shape index (κ3) is 3.41. The van der Waals surface area contributed by atoms with Crippen LogP contribution in [0, 0.1) is 0 Å². The molecule has 1 atom stereocenters. The van der Waals surface area contributed by atoms with Crippen molar-refractivity contribution in [1.29, 1.82) is 0 Å². The summed E-state index contributed by atoms with van der Waals surface area (Å²) in [5.41, 5.74) is 1.31. The Hall–Kier alpha value is -1.60. The van der Waals surface area contributed by atoms with Crippen LogP contribution >= 0.6 is 0 Å². The van der Waals surface area contributed by atoms with Crippen LogP contribution in [-0.4, -0.2) is 32.1 Å². The van der Waals surface area contributed by atoms with Crippen molar-refractivity contribution in [2.45, 2.75) is 50.5 Å². The molecular formula is C15H23N3O3S. The van der Waals surface area contributed by atoms with Crippen LogP contribution in [-0.2, 0) is 15.4 Å². The van der Waals surface area contributed by atoms with Crippen LogP contribution in [0.2, 0.25) is 0 Å². The molecule has 0 spiro atoms. The molecule has 1 aromatic rings. The van der Waals surface area contributed by atoms with Gasteiger partial charge in [-0.15, -0.1) is 0 Å². The van der Waals surface area contributed by atoms with Gasteiger partial charge in [-0.3, -0.25) is 0 Å². The van der Waals surface area contributed by atoms with E-state index in [4.69, 9.17) is 0 Å². The van der Waals surface area contributed by atoms with Crippen LogP contribution in [0.1, 0.15) is 39.7 Å². The number of anilines is 1. The second kappa shape index (κ2) is 5.89. The third-order valence-electron chi connectivity index (χ3n) is 3.61. The Balaban J connectivity index is 2.45. The fourth-order valence-electron chi connectivity index (χ4n) is 2.15. The van der Waals surface area contributed by atoms with Gasteiger partial charge in [-0.2, -0.15) is 0 Å². The minimum absolute atomic E-state index is 0.126. The van der Waals surface area contributed by atoms with Crippen molar-refractivity contribution in [2.75, 3.05) is 11.9 Å². The van der Waals surface area contributed by atoms with Crippen molar-refractivity contribution in [2.24, 2.45) is 4.99 Å². The van der Waals surface area contributed by atoms with Gasteiger partial charge in [0.05, 0.1) is 18.3 Å². The Morgan fingerprint density at radius 3 is 2.55 bits per heavy atom. The lowest BCUT2D eigenvalue weighted by atomic mass is 9.87. The molecule has 1 aliphatic heterocycles.